The second-order valence-corrected chi connectivity index (χ2v) is 5.84. The molecule has 0 atom stereocenters. The number of methoxy groups -OCH3 is 1. The van der Waals surface area contributed by atoms with Crippen LogP contribution in [-0.4, -0.2) is 24.8 Å². The predicted molar refractivity (Wildman–Crippen MR) is 95.2 cm³/mol. The molecule has 0 aliphatic heterocycles. The zero-order chi connectivity index (χ0) is 17.7. The first kappa shape index (κ1) is 18.3. The van der Waals surface area contributed by atoms with Crippen molar-refractivity contribution in [2.24, 2.45) is 0 Å². The molecule has 0 aliphatic carbocycles. The Balaban J connectivity index is 2.32. The first-order valence-corrected chi connectivity index (χ1v) is 7.81. The monoisotopic (exact) mass is 366 g/mol. The van der Waals surface area contributed by atoms with Crippen LogP contribution in [0.5, 0.6) is 11.5 Å². The van der Waals surface area contributed by atoms with Crippen LogP contribution in [0, 0.1) is 6.92 Å². The maximum Gasteiger partial charge on any atom is 0.189 e. The molecule has 4 nitrogen and oxygen atoms in total. The van der Waals surface area contributed by atoms with E-state index in [2.05, 4.69) is 0 Å². The Hall–Kier alpha value is -2.01. The molecule has 0 radical (unpaired) electrons. The molecule has 24 heavy (non-hydrogen) atoms. The Morgan fingerprint density at radius 2 is 2.00 bits per heavy atom. The van der Waals surface area contributed by atoms with E-state index in [4.69, 9.17) is 32.7 Å². The van der Waals surface area contributed by atoms with Crippen LogP contribution in [0.15, 0.2) is 36.4 Å². The van der Waals surface area contributed by atoms with E-state index in [1.54, 1.807) is 24.3 Å². The number of halogens is 2. The maximum atomic E-state index is 12.3. The Bertz CT molecular complexity index is 785. The van der Waals surface area contributed by atoms with Gasteiger partial charge in [-0.3, -0.25) is 4.79 Å². The Morgan fingerprint density at radius 1 is 1.25 bits per heavy atom. The molecular formula is C18H16Cl2O4. The van der Waals surface area contributed by atoms with Crippen molar-refractivity contribution in [3.05, 3.63) is 63.1 Å². The number of aromatic hydroxyl groups is 1. The summed E-state index contributed by atoms with van der Waals surface area (Å²) in [5, 5.41) is 10.5. The van der Waals surface area contributed by atoms with Crippen molar-refractivity contribution in [3.8, 4) is 11.5 Å². The van der Waals surface area contributed by atoms with Gasteiger partial charge < -0.3 is 14.6 Å². The summed E-state index contributed by atoms with van der Waals surface area (Å²) in [7, 11) is 1.51. The van der Waals surface area contributed by atoms with Gasteiger partial charge in [-0.2, -0.15) is 0 Å². The second kappa shape index (κ2) is 8.20. The summed E-state index contributed by atoms with van der Waals surface area (Å²) in [5.41, 5.74) is 1.65. The van der Waals surface area contributed by atoms with Crippen LogP contribution in [0.25, 0.3) is 6.08 Å². The fourth-order valence-electron chi connectivity index (χ4n) is 2.03. The fraction of sp³-hybridized carbons (Fsp3) is 0.167. The van der Waals surface area contributed by atoms with Gasteiger partial charge in [0.05, 0.1) is 10.6 Å². The molecule has 0 saturated heterocycles. The van der Waals surface area contributed by atoms with Crippen LogP contribution in [0.2, 0.25) is 10.0 Å². The molecule has 2 aromatic carbocycles. The number of hydrogen-bond donors (Lipinski definition) is 1. The van der Waals surface area contributed by atoms with Crippen molar-refractivity contribution >= 4 is 35.1 Å². The molecule has 1 N–H and O–H groups in total. The highest BCUT2D eigenvalue weighted by Crippen LogP contribution is 2.30. The number of ether oxygens (including phenoxy) is 2. The molecule has 0 fully saturated rings. The Morgan fingerprint density at radius 3 is 2.71 bits per heavy atom. The van der Waals surface area contributed by atoms with Crippen molar-refractivity contribution in [2.45, 2.75) is 6.92 Å². The SMILES string of the molecule is COCOc1cc(Cl)c(C)cc1C=CC(=O)c1cccc(Cl)c1O. The summed E-state index contributed by atoms with van der Waals surface area (Å²) in [6.45, 7) is 1.91. The molecule has 0 aliphatic rings. The van der Waals surface area contributed by atoms with E-state index in [0.29, 0.717) is 16.3 Å². The summed E-state index contributed by atoms with van der Waals surface area (Å²) in [5.74, 6) is -0.121. The lowest BCUT2D eigenvalue weighted by molar-refractivity contribution is 0.0510. The molecule has 0 amide bonds. The van der Waals surface area contributed by atoms with Gasteiger partial charge in [0.25, 0.3) is 0 Å². The lowest BCUT2D eigenvalue weighted by Crippen LogP contribution is -2.01. The number of hydrogen-bond acceptors (Lipinski definition) is 4. The highest BCUT2D eigenvalue weighted by molar-refractivity contribution is 6.33. The van der Waals surface area contributed by atoms with Gasteiger partial charge in [-0.05, 0) is 48.9 Å². The normalized spacial score (nSPS) is 11.0. The van der Waals surface area contributed by atoms with Crippen LogP contribution < -0.4 is 4.74 Å². The summed E-state index contributed by atoms with van der Waals surface area (Å²) >= 11 is 11.9. The molecule has 0 heterocycles. The van der Waals surface area contributed by atoms with E-state index in [0.717, 1.165) is 5.56 Å². The number of para-hydroxylation sites is 1. The minimum Gasteiger partial charge on any atom is -0.506 e. The zero-order valence-electron chi connectivity index (χ0n) is 13.2. The summed E-state index contributed by atoms with van der Waals surface area (Å²) in [6.07, 6.45) is 2.94. The molecule has 0 aromatic heterocycles. The topological polar surface area (TPSA) is 55.8 Å². The first-order valence-electron chi connectivity index (χ1n) is 7.05. The molecule has 2 rings (SSSR count). The van der Waals surface area contributed by atoms with E-state index in [-0.39, 0.29) is 28.9 Å². The van der Waals surface area contributed by atoms with Gasteiger partial charge in [-0.25, -0.2) is 0 Å². The van der Waals surface area contributed by atoms with E-state index in [1.165, 1.54) is 25.3 Å². The third kappa shape index (κ3) is 4.29. The third-order valence-corrected chi connectivity index (χ3v) is 4.00. The van der Waals surface area contributed by atoms with Gasteiger partial charge in [-0.1, -0.05) is 29.3 Å². The number of phenols is 1. The van der Waals surface area contributed by atoms with Crippen LogP contribution in [0.4, 0.5) is 0 Å². The molecule has 126 valence electrons. The van der Waals surface area contributed by atoms with E-state index >= 15 is 0 Å². The summed E-state index contributed by atoms with van der Waals surface area (Å²) in [4.78, 5) is 12.3. The number of allylic oxidation sites excluding steroid dienone is 1. The lowest BCUT2D eigenvalue weighted by Gasteiger charge is -2.10. The fourth-order valence-corrected chi connectivity index (χ4v) is 2.36. The van der Waals surface area contributed by atoms with E-state index < -0.39 is 0 Å². The largest absolute Gasteiger partial charge is 0.506 e. The van der Waals surface area contributed by atoms with Crippen LogP contribution >= 0.6 is 23.2 Å². The first-order chi connectivity index (χ1) is 11.4. The number of ketones is 1. The lowest BCUT2D eigenvalue weighted by atomic mass is 10.1. The summed E-state index contributed by atoms with van der Waals surface area (Å²) in [6, 6.07) is 8.08. The predicted octanol–water partition coefficient (Wildman–Crippen LogP) is 4.89. The molecule has 2 aromatic rings. The minimum atomic E-state index is -0.375. The standard InChI is InChI=1S/C18H16Cl2O4/c1-11-8-12(17(9-15(11)20)24-10-23-2)6-7-16(21)13-4-3-5-14(19)18(13)22/h3-9,22H,10H2,1-2H3. The van der Waals surface area contributed by atoms with Gasteiger partial charge >= 0.3 is 0 Å². The van der Waals surface area contributed by atoms with Crippen molar-refractivity contribution in [1.82, 2.24) is 0 Å². The highest BCUT2D eigenvalue weighted by Gasteiger charge is 2.12. The Kier molecular flexibility index (Phi) is 6.26. The zero-order valence-corrected chi connectivity index (χ0v) is 14.7. The van der Waals surface area contributed by atoms with Crippen molar-refractivity contribution in [3.63, 3.8) is 0 Å². The van der Waals surface area contributed by atoms with Crippen molar-refractivity contribution < 1.29 is 19.4 Å². The van der Waals surface area contributed by atoms with Crippen molar-refractivity contribution in [1.29, 1.82) is 0 Å². The van der Waals surface area contributed by atoms with E-state index in [9.17, 15) is 9.90 Å². The molecule has 0 bridgehead atoms. The smallest absolute Gasteiger partial charge is 0.189 e. The van der Waals surface area contributed by atoms with Crippen LogP contribution in [0.3, 0.4) is 0 Å². The number of carbonyl (C=O) groups is 1. The second-order valence-electron chi connectivity index (χ2n) is 5.02. The maximum absolute atomic E-state index is 12.3. The quantitative estimate of drug-likeness (QED) is 0.449. The van der Waals surface area contributed by atoms with Gasteiger partial charge in [0.2, 0.25) is 0 Å². The molecule has 0 saturated carbocycles. The van der Waals surface area contributed by atoms with Crippen LogP contribution in [-0.2, 0) is 4.74 Å². The third-order valence-electron chi connectivity index (χ3n) is 3.29. The molecule has 0 spiro atoms. The minimum absolute atomic E-state index is 0.0588. The average molecular weight is 367 g/mol. The number of benzene rings is 2. The molecule has 6 heteroatoms. The van der Waals surface area contributed by atoms with Gasteiger partial charge in [-0.15, -0.1) is 0 Å². The number of rotatable bonds is 6. The van der Waals surface area contributed by atoms with E-state index in [1.807, 2.05) is 6.92 Å². The molecular weight excluding hydrogens is 351 g/mol. The number of carbonyl (C=O) groups excluding carboxylic acids is 1. The average Bonchev–Trinajstić information content (AvgIpc) is 2.56. The van der Waals surface area contributed by atoms with Gasteiger partial charge in [0.1, 0.15) is 11.5 Å². The summed E-state index contributed by atoms with van der Waals surface area (Å²) < 4.78 is 10.4. The van der Waals surface area contributed by atoms with Crippen LogP contribution in [0.1, 0.15) is 21.5 Å². The Labute approximate surface area is 150 Å². The van der Waals surface area contributed by atoms with Crippen molar-refractivity contribution in [2.75, 3.05) is 13.9 Å². The highest BCUT2D eigenvalue weighted by atomic mass is 35.5. The number of aryl methyl sites for hydroxylation is 1. The number of phenolic OH excluding ortho intramolecular Hbond substituents is 1. The molecule has 0 unspecified atom stereocenters. The van der Waals surface area contributed by atoms with Gasteiger partial charge in [0.15, 0.2) is 12.6 Å². The van der Waals surface area contributed by atoms with Gasteiger partial charge in [0, 0.05) is 17.7 Å².